The van der Waals surface area contributed by atoms with Crippen LogP contribution in [0.25, 0.3) is 15.5 Å². The van der Waals surface area contributed by atoms with Crippen LogP contribution in [0.5, 0.6) is 5.75 Å². The summed E-state index contributed by atoms with van der Waals surface area (Å²) in [4.78, 5) is 13.2. The van der Waals surface area contributed by atoms with Gasteiger partial charge in [0.15, 0.2) is 10.9 Å². The van der Waals surface area contributed by atoms with Crippen molar-refractivity contribution in [2.24, 2.45) is 0 Å². The van der Waals surface area contributed by atoms with Gasteiger partial charge in [-0.3, -0.25) is 10.1 Å². The van der Waals surface area contributed by atoms with Crippen molar-refractivity contribution in [1.29, 1.82) is 0 Å². The van der Waals surface area contributed by atoms with Crippen LogP contribution < -0.4 is 15.4 Å². The van der Waals surface area contributed by atoms with Gasteiger partial charge in [-0.1, -0.05) is 24.7 Å². The van der Waals surface area contributed by atoms with E-state index < -0.39 is 0 Å². The highest BCUT2D eigenvalue weighted by atomic mass is 32.1. The Morgan fingerprint density at radius 3 is 2.56 bits per heavy atom. The molecule has 0 aliphatic heterocycles. The van der Waals surface area contributed by atoms with Crippen molar-refractivity contribution in [3.8, 4) is 16.3 Å². The first-order valence-corrected chi connectivity index (χ1v) is 11.4. The number of rotatable bonds is 7. The quantitative estimate of drug-likeness (QED) is 0.307. The lowest BCUT2D eigenvalue weighted by Crippen LogP contribution is -2.34. The highest BCUT2D eigenvalue weighted by molar-refractivity contribution is 7.80. The molecule has 0 saturated carbocycles. The number of aryl methyl sites for hydroxylation is 1. The van der Waals surface area contributed by atoms with Crippen molar-refractivity contribution in [2.75, 3.05) is 11.9 Å². The molecule has 0 saturated heterocycles. The predicted molar refractivity (Wildman–Crippen MR) is 129 cm³/mol. The van der Waals surface area contributed by atoms with Crippen LogP contribution in [0.3, 0.4) is 0 Å². The largest absolute Gasteiger partial charge is 0.494 e. The number of thiocarbonyl (C=S) groups is 1. The third-order valence-corrected chi connectivity index (χ3v) is 5.80. The lowest BCUT2D eigenvalue weighted by Gasteiger charge is -2.10. The number of aromatic nitrogens is 4. The molecule has 8 nitrogen and oxygen atoms in total. The maximum absolute atomic E-state index is 12.4. The van der Waals surface area contributed by atoms with E-state index in [1.165, 1.54) is 11.3 Å². The minimum Gasteiger partial charge on any atom is -0.494 e. The van der Waals surface area contributed by atoms with Gasteiger partial charge in [0.05, 0.1) is 6.61 Å². The molecule has 4 rings (SSSR count). The number of benzene rings is 2. The van der Waals surface area contributed by atoms with Crippen molar-refractivity contribution in [3.63, 3.8) is 0 Å². The zero-order valence-corrected chi connectivity index (χ0v) is 19.3. The predicted octanol–water partition coefficient (Wildman–Crippen LogP) is 4.47. The van der Waals surface area contributed by atoms with Gasteiger partial charge in [0, 0.05) is 16.8 Å². The second-order valence-corrected chi connectivity index (χ2v) is 8.43. The van der Waals surface area contributed by atoms with Crippen LogP contribution in [-0.4, -0.2) is 37.4 Å². The Kier molecular flexibility index (Phi) is 6.72. The van der Waals surface area contributed by atoms with Crippen LogP contribution in [0.4, 0.5) is 5.69 Å². The molecule has 0 radical (unpaired) electrons. The summed E-state index contributed by atoms with van der Waals surface area (Å²) >= 11 is 6.75. The van der Waals surface area contributed by atoms with Crippen molar-refractivity contribution >= 4 is 45.2 Å². The van der Waals surface area contributed by atoms with Gasteiger partial charge in [0.25, 0.3) is 5.91 Å². The molecule has 32 heavy (non-hydrogen) atoms. The summed E-state index contributed by atoms with van der Waals surface area (Å²) in [6, 6.07) is 14.6. The Bertz CT molecular complexity index is 1230. The van der Waals surface area contributed by atoms with Crippen LogP contribution in [0.1, 0.15) is 35.9 Å². The molecular weight excluding hydrogens is 444 g/mol. The third kappa shape index (κ3) is 5.09. The lowest BCUT2D eigenvalue weighted by atomic mass is 10.2. The molecule has 2 N–H and O–H groups in total. The van der Waals surface area contributed by atoms with Gasteiger partial charge in [0.2, 0.25) is 4.96 Å². The monoisotopic (exact) mass is 466 g/mol. The number of ether oxygens (including phenoxy) is 1. The molecule has 2 aromatic heterocycles. The maximum atomic E-state index is 12.4. The fourth-order valence-corrected chi connectivity index (χ4v) is 4.00. The number of nitrogens with zero attached hydrogens (tertiary/aromatic N) is 4. The Balaban J connectivity index is 1.33. The van der Waals surface area contributed by atoms with Gasteiger partial charge < -0.3 is 10.1 Å². The van der Waals surface area contributed by atoms with Crippen molar-refractivity contribution in [3.05, 3.63) is 59.9 Å². The number of fused-ring (bicyclic) bond motifs is 1. The molecule has 0 bridgehead atoms. The fourth-order valence-electron chi connectivity index (χ4n) is 2.90. The summed E-state index contributed by atoms with van der Waals surface area (Å²) < 4.78 is 7.34. The van der Waals surface area contributed by atoms with Crippen LogP contribution >= 0.6 is 23.6 Å². The van der Waals surface area contributed by atoms with E-state index in [1.807, 2.05) is 31.2 Å². The Labute approximate surface area is 194 Å². The zero-order valence-electron chi connectivity index (χ0n) is 17.7. The molecule has 0 spiro atoms. The number of amides is 1. The van der Waals surface area contributed by atoms with Gasteiger partial charge in [-0.05, 0) is 74.1 Å². The van der Waals surface area contributed by atoms with Crippen LogP contribution in [-0.2, 0) is 0 Å². The van der Waals surface area contributed by atoms with Gasteiger partial charge in [-0.15, -0.1) is 10.2 Å². The van der Waals surface area contributed by atoms with Crippen molar-refractivity contribution < 1.29 is 9.53 Å². The Morgan fingerprint density at radius 1 is 1.12 bits per heavy atom. The standard InChI is InChI=1S/C22H22N6O2S2/c1-3-4-13-30-18-11-7-15(8-12-18)19(29)24-21(31)23-17-9-5-16(6-10-17)20-27-28-14(2)25-26-22(28)32-20/h5-12H,3-4,13H2,1-2H3,(H2,23,24,29,31). The second-order valence-electron chi connectivity index (χ2n) is 7.06. The van der Waals surface area contributed by atoms with E-state index in [4.69, 9.17) is 17.0 Å². The van der Waals surface area contributed by atoms with E-state index in [1.54, 1.807) is 28.8 Å². The topological polar surface area (TPSA) is 93.4 Å². The molecule has 2 heterocycles. The van der Waals surface area contributed by atoms with Gasteiger partial charge >= 0.3 is 0 Å². The minimum absolute atomic E-state index is 0.223. The molecule has 0 aliphatic rings. The van der Waals surface area contributed by atoms with E-state index in [0.717, 1.165) is 45.6 Å². The number of unbranched alkanes of at least 4 members (excludes halogenated alkanes) is 1. The normalized spacial score (nSPS) is 10.8. The molecule has 164 valence electrons. The Hall–Kier alpha value is -3.37. The summed E-state index contributed by atoms with van der Waals surface area (Å²) in [7, 11) is 0. The molecule has 1 amide bonds. The van der Waals surface area contributed by atoms with Gasteiger partial charge in [-0.25, -0.2) is 0 Å². The average molecular weight is 467 g/mol. The molecule has 0 atom stereocenters. The first kappa shape index (κ1) is 21.8. The minimum atomic E-state index is -0.283. The molecule has 0 aliphatic carbocycles. The summed E-state index contributed by atoms with van der Waals surface area (Å²) in [6.07, 6.45) is 2.07. The summed E-state index contributed by atoms with van der Waals surface area (Å²) in [5.74, 6) is 1.21. The van der Waals surface area contributed by atoms with Crippen molar-refractivity contribution in [1.82, 2.24) is 25.1 Å². The SMILES string of the molecule is CCCCOc1ccc(C(=O)NC(=S)Nc2ccc(-c3nn4c(C)nnc4s3)cc2)cc1. The smallest absolute Gasteiger partial charge is 0.257 e. The summed E-state index contributed by atoms with van der Waals surface area (Å²) in [6.45, 7) is 4.64. The molecule has 2 aromatic carbocycles. The fraction of sp³-hybridized carbons (Fsp3) is 0.227. The van der Waals surface area contributed by atoms with Crippen LogP contribution in [0.2, 0.25) is 0 Å². The second kappa shape index (κ2) is 9.84. The summed E-state index contributed by atoms with van der Waals surface area (Å²) in [5, 5.41) is 19.4. The molecular formula is C22H22N6O2S2. The Morgan fingerprint density at radius 2 is 1.88 bits per heavy atom. The van der Waals surface area contributed by atoms with Gasteiger partial charge in [-0.2, -0.15) is 9.61 Å². The number of carbonyl (C=O) groups is 1. The van der Waals surface area contributed by atoms with E-state index in [0.29, 0.717) is 12.2 Å². The maximum Gasteiger partial charge on any atom is 0.257 e. The third-order valence-electron chi connectivity index (χ3n) is 4.65. The number of carbonyl (C=O) groups excluding carboxylic acids is 1. The highest BCUT2D eigenvalue weighted by Crippen LogP contribution is 2.26. The average Bonchev–Trinajstić information content (AvgIpc) is 3.37. The van der Waals surface area contributed by atoms with Crippen molar-refractivity contribution in [2.45, 2.75) is 26.7 Å². The van der Waals surface area contributed by atoms with Gasteiger partial charge in [0.1, 0.15) is 10.8 Å². The van der Waals surface area contributed by atoms with E-state index in [9.17, 15) is 4.79 Å². The molecule has 0 fully saturated rings. The number of anilines is 1. The van der Waals surface area contributed by atoms with E-state index in [-0.39, 0.29) is 11.0 Å². The molecule has 10 heteroatoms. The highest BCUT2D eigenvalue weighted by Gasteiger charge is 2.11. The number of hydrogen-bond acceptors (Lipinski definition) is 7. The van der Waals surface area contributed by atoms with Crippen LogP contribution in [0, 0.1) is 6.92 Å². The number of hydrogen-bond donors (Lipinski definition) is 2. The first-order chi connectivity index (χ1) is 15.5. The first-order valence-electron chi connectivity index (χ1n) is 10.2. The summed E-state index contributed by atoms with van der Waals surface area (Å²) in [5.41, 5.74) is 2.23. The molecule has 0 unspecified atom stereocenters. The zero-order chi connectivity index (χ0) is 22.5. The van der Waals surface area contributed by atoms with E-state index in [2.05, 4.69) is 32.9 Å². The number of nitrogens with one attached hydrogen (secondary N) is 2. The van der Waals surface area contributed by atoms with Crippen LogP contribution in [0.15, 0.2) is 48.5 Å². The van der Waals surface area contributed by atoms with E-state index >= 15 is 0 Å². The lowest BCUT2D eigenvalue weighted by molar-refractivity contribution is 0.0977. The molecule has 4 aromatic rings.